The van der Waals surface area contributed by atoms with Crippen molar-refractivity contribution >= 4 is 26.8 Å². The minimum absolute atomic E-state index is 0.851. The van der Waals surface area contributed by atoms with Crippen LogP contribution in [0.5, 0.6) is 0 Å². The Kier molecular flexibility index (Phi) is 3.19. The van der Waals surface area contributed by atoms with Crippen molar-refractivity contribution in [1.82, 2.24) is 14.3 Å². The van der Waals surface area contributed by atoms with E-state index >= 15 is 0 Å². The van der Waals surface area contributed by atoms with Gasteiger partial charge >= 0.3 is 0 Å². The molecule has 3 aromatic rings. The Labute approximate surface area is 121 Å². The van der Waals surface area contributed by atoms with E-state index in [9.17, 15) is 0 Å². The van der Waals surface area contributed by atoms with Crippen LogP contribution in [0.2, 0.25) is 0 Å². The van der Waals surface area contributed by atoms with Crippen LogP contribution in [-0.2, 0) is 20.0 Å². The smallest absolute Gasteiger partial charge is 0.0645 e. The predicted molar refractivity (Wildman–Crippen MR) is 81.3 cm³/mol. The number of hydrogen-bond donors (Lipinski definition) is 0. The number of fused-ring (bicyclic) bond motifs is 1. The van der Waals surface area contributed by atoms with Crippen LogP contribution in [0.25, 0.3) is 10.9 Å². The van der Waals surface area contributed by atoms with Crippen molar-refractivity contribution in [3.8, 4) is 0 Å². The highest BCUT2D eigenvalue weighted by atomic mass is 79.9. The molecule has 0 aliphatic rings. The maximum atomic E-state index is 4.50. The summed E-state index contributed by atoms with van der Waals surface area (Å²) in [4.78, 5) is 0. The Morgan fingerprint density at radius 2 is 2.05 bits per heavy atom. The Hall–Kier alpha value is -1.55. The molecule has 98 valence electrons. The molecule has 0 N–H and O–H groups in total. The second-order valence-corrected chi connectivity index (χ2v) is 5.67. The second-order valence-electron chi connectivity index (χ2n) is 4.75. The number of aromatic nitrogens is 3. The highest BCUT2D eigenvalue weighted by molar-refractivity contribution is 9.10. The van der Waals surface area contributed by atoms with Crippen LogP contribution in [0.15, 0.2) is 41.0 Å². The summed E-state index contributed by atoms with van der Waals surface area (Å²) < 4.78 is 5.35. The zero-order valence-corrected chi connectivity index (χ0v) is 12.7. The van der Waals surface area contributed by atoms with Crippen LogP contribution in [0.4, 0.5) is 0 Å². The lowest BCUT2D eigenvalue weighted by Gasteiger charge is -2.06. The van der Waals surface area contributed by atoms with Crippen molar-refractivity contribution in [3.05, 3.63) is 52.4 Å². The minimum atomic E-state index is 0.851. The highest BCUT2D eigenvalue weighted by Crippen LogP contribution is 2.22. The number of rotatable bonds is 3. The van der Waals surface area contributed by atoms with Gasteiger partial charge in [-0.15, -0.1) is 0 Å². The topological polar surface area (TPSA) is 22.8 Å². The van der Waals surface area contributed by atoms with Crippen molar-refractivity contribution in [2.45, 2.75) is 19.9 Å². The third-order valence-electron chi connectivity index (χ3n) is 3.46. The molecule has 2 aromatic heterocycles. The highest BCUT2D eigenvalue weighted by Gasteiger charge is 2.07. The number of nitrogens with zero attached hydrogens (tertiary/aromatic N) is 3. The summed E-state index contributed by atoms with van der Waals surface area (Å²) in [5.41, 5.74) is 3.62. The normalized spacial score (nSPS) is 11.3. The molecule has 0 fully saturated rings. The molecule has 0 aliphatic heterocycles. The van der Waals surface area contributed by atoms with Gasteiger partial charge in [0, 0.05) is 23.2 Å². The van der Waals surface area contributed by atoms with Gasteiger partial charge in [-0.25, -0.2) is 0 Å². The van der Waals surface area contributed by atoms with Crippen molar-refractivity contribution in [2.75, 3.05) is 0 Å². The molecule has 0 amide bonds. The summed E-state index contributed by atoms with van der Waals surface area (Å²) in [6.07, 6.45) is 3.11. The van der Waals surface area contributed by atoms with Gasteiger partial charge in [-0.2, -0.15) is 5.10 Å². The molecule has 4 heteroatoms. The van der Waals surface area contributed by atoms with Gasteiger partial charge in [-0.3, -0.25) is 4.68 Å². The molecule has 0 saturated heterocycles. The van der Waals surface area contributed by atoms with Crippen molar-refractivity contribution in [2.24, 2.45) is 7.05 Å². The SMILES string of the molecule is CCc1cc(Cn2ccc3ccc(Br)cc32)n(C)n1. The fraction of sp³-hybridized carbons (Fsp3) is 0.267. The van der Waals surface area contributed by atoms with Gasteiger partial charge in [0.25, 0.3) is 0 Å². The molecule has 0 saturated carbocycles. The van der Waals surface area contributed by atoms with Gasteiger partial charge in [-0.05, 0) is 36.1 Å². The lowest BCUT2D eigenvalue weighted by molar-refractivity contribution is 0.669. The molecule has 3 rings (SSSR count). The quantitative estimate of drug-likeness (QED) is 0.721. The molecular formula is C15H16BrN3. The van der Waals surface area contributed by atoms with E-state index < -0.39 is 0 Å². The lowest BCUT2D eigenvalue weighted by atomic mass is 10.2. The van der Waals surface area contributed by atoms with Crippen LogP contribution >= 0.6 is 15.9 Å². The number of hydrogen-bond acceptors (Lipinski definition) is 1. The minimum Gasteiger partial charge on any atom is -0.341 e. The first-order chi connectivity index (χ1) is 9.17. The standard InChI is InChI=1S/C15H16BrN3/c1-3-13-9-14(18(2)17-13)10-19-7-6-11-4-5-12(16)8-15(11)19/h4-9H,3,10H2,1-2H3. The molecule has 0 aliphatic carbocycles. The Morgan fingerprint density at radius 3 is 2.79 bits per heavy atom. The van der Waals surface area contributed by atoms with Crippen LogP contribution in [0.3, 0.4) is 0 Å². The van der Waals surface area contributed by atoms with E-state index in [1.807, 2.05) is 11.7 Å². The molecule has 1 aromatic carbocycles. The average Bonchev–Trinajstić information content (AvgIpc) is 2.95. The Balaban J connectivity index is 2.00. The van der Waals surface area contributed by atoms with Gasteiger partial charge in [-0.1, -0.05) is 28.9 Å². The zero-order valence-electron chi connectivity index (χ0n) is 11.1. The largest absolute Gasteiger partial charge is 0.341 e. The summed E-state index contributed by atoms with van der Waals surface area (Å²) in [5, 5.41) is 5.77. The Bertz CT molecular complexity index is 724. The summed E-state index contributed by atoms with van der Waals surface area (Å²) in [5.74, 6) is 0. The van der Waals surface area contributed by atoms with Crippen LogP contribution in [0, 0.1) is 0 Å². The van der Waals surface area contributed by atoms with Crippen molar-refractivity contribution in [3.63, 3.8) is 0 Å². The van der Waals surface area contributed by atoms with Gasteiger partial charge in [0.05, 0.1) is 17.9 Å². The van der Waals surface area contributed by atoms with Crippen LogP contribution in [0.1, 0.15) is 18.3 Å². The molecule has 0 unspecified atom stereocenters. The molecule has 0 radical (unpaired) electrons. The summed E-state index contributed by atoms with van der Waals surface area (Å²) in [7, 11) is 2.01. The first-order valence-electron chi connectivity index (χ1n) is 6.43. The number of benzene rings is 1. The summed E-state index contributed by atoms with van der Waals surface area (Å²) >= 11 is 3.54. The lowest BCUT2D eigenvalue weighted by Crippen LogP contribution is -2.04. The average molecular weight is 318 g/mol. The molecule has 2 heterocycles. The third-order valence-corrected chi connectivity index (χ3v) is 3.95. The van der Waals surface area contributed by atoms with E-state index in [2.05, 4.69) is 69.0 Å². The van der Waals surface area contributed by atoms with Crippen molar-refractivity contribution < 1.29 is 0 Å². The van der Waals surface area contributed by atoms with E-state index in [4.69, 9.17) is 0 Å². The van der Waals surface area contributed by atoms with Gasteiger partial charge in [0.1, 0.15) is 0 Å². The van der Waals surface area contributed by atoms with Gasteiger partial charge in [0.2, 0.25) is 0 Å². The predicted octanol–water partition coefficient (Wildman–Crippen LogP) is 3.75. The van der Waals surface area contributed by atoms with E-state index in [0.29, 0.717) is 0 Å². The van der Waals surface area contributed by atoms with Gasteiger partial charge in [0.15, 0.2) is 0 Å². The third kappa shape index (κ3) is 2.32. The second kappa shape index (κ2) is 4.85. The number of aryl methyl sites for hydroxylation is 2. The first kappa shape index (κ1) is 12.5. The molecular weight excluding hydrogens is 302 g/mol. The molecule has 19 heavy (non-hydrogen) atoms. The van der Waals surface area contributed by atoms with E-state index in [-0.39, 0.29) is 0 Å². The zero-order chi connectivity index (χ0) is 13.4. The molecule has 0 atom stereocenters. The van der Waals surface area contributed by atoms with Gasteiger partial charge < -0.3 is 4.57 Å². The van der Waals surface area contributed by atoms with E-state index in [1.165, 1.54) is 16.6 Å². The first-order valence-corrected chi connectivity index (χ1v) is 7.23. The molecule has 3 nitrogen and oxygen atoms in total. The van der Waals surface area contributed by atoms with Crippen LogP contribution in [-0.4, -0.2) is 14.3 Å². The number of halogens is 1. The monoisotopic (exact) mass is 317 g/mol. The van der Waals surface area contributed by atoms with Crippen LogP contribution < -0.4 is 0 Å². The summed E-state index contributed by atoms with van der Waals surface area (Å²) in [6, 6.07) is 10.7. The van der Waals surface area contributed by atoms with E-state index in [1.54, 1.807) is 0 Å². The maximum Gasteiger partial charge on any atom is 0.0645 e. The fourth-order valence-electron chi connectivity index (χ4n) is 2.36. The van der Waals surface area contributed by atoms with Crippen molar-refractivity contribution in [1.29, 1.82) is 0 Å². The molecule has 0 spiro atoms. The molecule has 0 bridgehead atoms. The Morgan fingerprint density at radius 1 is 1.21 bits per heavy atom. The maximum absolute atomic E-state index is 4.50. The summed E-state index contributed by atoms with van der Waals surface area (Å²) in [6.45, 7) is 2.98. The van der Waals surface area contributed by atoms with E-state index in [0.717, 1.165) is 23.1 Å². The fourth-order valence-corrected chi connectivity index (χ4v) is 2.71.